The lowest BCUT2D eigenvalue weighted by Gasteiger charge is -2.10. The van der Waals surface area contributed by atoms with Gasteiger partial charge in [-0.25, -0.2) is 19.9 Å². The molecule has 178 valence electrons. The molecule has 0 saturated carbocycles. The summed E-state index contributed by atoms with van der Waals surface area (Å²) < 4.78 is 39.0. The second-order valence-corrected chi connectivity index (χ2v) is 8.59. The van der Waals surface area contributed by atoms with Crippen molar-refractivity contribution in [3.63, 3.8) is 0 Å². The minimum Gasteiger partial charge on any atom is -0.306 e. The maximum atomic E-state index is 13.0. The number of halogens is 4. The number of pyridine rings is 2. The van der Waals surface area contributed by atoms with Crippen LogP contribution in [-0.2, 0) is 12.6 Å². The SMILES string of the molecule is O=C(CCc1ncc(C(=O)Nc2cc(C(F)(F)F)c(Cl)cn2)s1)c1cc(-c2ccncc2)ncn1. The van der Waals surface area contributed by atoms with Crippen molar-refractivity contribution in [1.29, 1.82) is 0 Å². The van der Waals surface area contributed by atoms with Gasteiger partial charge in [-0.3, -0.25) is 14.6 Å². The second kappa shape index (κ2) is 10.2. The summed E-state index contributed by atoms with van der Waals surface area (Å²) in [7, 11) is 0. The van der Waals surface area contributed by atoms with E-state index in [1.165, 1.54) is 12.5 Å². The van der Waals surface area contributed by atoms with E-state index >= 15 is 0 Å². The first-order valence-electron chi connectivity index (χ1n) is 9.95. The van der Waals surface area contributed by atoms with Gasteiger partial charge in [0.05, 0.1) is 27.5 Å². The number of aromatic nitrogens is 5. The summed E-state index contributed by atoms with van der Waals surface area (Å²) in [5, 5.41) is 2.23. The smallest absolute Gasteiger partial charge is 0.306 e. The molecule has 0 spiro atoms. The molecule has 35 heavy (non-hydrogen) atoms. The number of thiazole rings is 1. The summed E-state index contributed by atoms with van der Waals surface area (Å²) in [6.45, 7) is 0. The zero-order valence-corrected chi connectivity index (χ0v) is 19.2. The summed E-state index contributed by atoms with van der Waals surface area (Å²) in [6.07, 6.45) is 2.30. The number of nitrogens with one attached hydrogen (secondary N) is 1. The number of carbonyl (C=O) groups excluding carboxylic acids is 2. The molecule has 8 nitrogen and oxygen atoms in total. The van der Waals surface area contributed by atoms with E-state index < -0.39 is 22.7 Å². The third-order valence-corrected chi connectivity index (χ3v) is 6.03. The van der Waals surface area contributed by atoms with Crippen LogP contribution in [0.15, 0.2) is 55.4 Å². The molecule has 1 N–H and O–H groups in total. The molecule has 0 unspecified atom stereocenters. The van der Waals surface area contributed by atoms with Crippen molar-refractivity contribution in [2.24, 2.45) is 0 Å². The third kappa shape index (κ3) is 6.03. The van der Waals surface area contributed by atoms with Crippen molar-refractivity contribution in [2.75, 3.05) is 5.32 Å². The summed E-state index contributed by atoms with van der Waals surface area (Å²) in [6, 6.07) is 5.78. The van der Waals surface area contributed by atoms with Crippen molar-refractivity contribution in [2.45, 2.75) is 19.0 Å². The normalized spacial score (nSPS) is 11.3. The molecule has 0 bridgehead atoms. The highest BCUT2D eigenvalue weighted by Gasteiger charge is 2.34. The average Bonchev–Trinajstić information content (AvgIpc) is 3.33. The van der Waals surface area contributed by atoms with Crippen LogP contribution in [0, 0.1) is 0 Å². The quantitative estimate of drug-likeness (QED) is 0.338. The highest BCUT2D eigenvalue weighted by Crippen LogP contribution is 2.35. The van der Waals surface area contributed by atoms with E-state index in [0.717, 1.165) is 23.1 Å². The number of hydrogen-bond acceptors (Lipinski definition) is 8. The highest BCUT2D eigenvalue weighted by atomic mass is 35.5. The van der Waals surface area contributed by atoms with Gasteiger partial charge in [-0.15, -0.1) is 11.3 Å². The summed E-state index contributed by atoms with van der Waals surface area (Å²) in [4.78, 5) is 45.2. The molecule has 0 aliphatic rings. The van der Waals surface area contributed by atoms with Gasteiger partial charge in [0.2, 0.25) is 0 Å². The van der Waals surface area contributed by atoms with Gasteiger partial charge in [0, 0.05) is 37.0 Å². The van der Waals surface area contributed by atoms with Crippen LogP contribution in [-0.4, -0.2) is 36.6 Å². The Labute approximate surface area is 205 Å². The first-order valence-corrected chi connectivity index (χ1v) is 11.1. The lowest BCUT2D eigenvalue weighted by molar-refractivity contribution is -0.137. The first kappa shape index (κ1) is 24.4. The Hall–Kier alpha value is -3.77. The summed E-state index contributed by atoms with van der Waals surface area (Å²) in [5.41, 5.74) is 0.522. The van der Waals surface area contributed by atoms with Crippen LogP contribution in [0.25, 0.3) is 11.3 Å². The molecule has 0 aliphatic heterocycles. The highest BCUT2D eigenvalue weighted by molar-refractivity contribution is 7.13. The van der Waals surface area contributed by atoms with Gasteiger partial charge < -0.3 is 5.32 Å². The zero-order valence-electron chi connectivity index (χ0n) is 17.6. The molecule has 0 saturated heterocycles. The number of amides is 1. The number of hydrogen-bond donors (Lipinski definition) is 1. The Morgan fingerprint density at radius 3 is 2.54 bits per heavy atom. The topological polar surface area (TPSA) is 111 Å². The Balaban J connectivity index is 1.38. The molecular weight excluding hydrogens is 505 g/mol. The largest absolute Gasteiger partial charge is 0.418 e. The number of nitrogens with zero attached hydrogens (tertiary/aromatic N) is 5. The van der Waals surface area contributed by atoms with Crippen LogP contribution in [0.4, 0.5) is 19.0 Å². The van der Waals surface area contributed by atoms with Gasteiger partial charge in [0.25, 0.3) is 5.91 Å². The molecule has 4 aromatic rings. The number of anilines is 1. The molecule has 0 aromatic carbocycles. The maximum absolute atomic E-state index is 13.0. The van der Waals surface area contributed by atoms with Crippen molar-refractivity contribution in [3.8, 4) is 11.3 Å². The van der Waals surface area contributed by atoms with Crippen LogP contribution >= 0.6 is 22.9 Å². The zero-order chi connectivity index (χ0) is 25.0. The maximum Gasteiger partial charge on any atom is 0.418 e. The molecular formula is C22H14ClF3N6O2S. The fourth-order valence-electron chi connectivity index (χ4n) is 2.97. The second-order valence-electron chi connectivity index (χ2n) is 7.07. The van der Waals surface area contributed by atoms with E-state index in [1.54, 1.807) is 30.6 Å². The van der Waals surface area contributed by atoms with Gasteiger partial charge >= 0.3 is 6.18 Å². The lowest BCUT2D eigenvalue weighted by Crippen LogP contribution is -2.13. The van der Waals surface area contributed by atoms with Crippen LogP contribution in [0.2, 0.25) is 5.02 Å². The van der Waals surface area contributed by atoms with E-state index in [4.69, 9.17) is 11.6 Å². The Morgan fingerprint density at radius 2 is 1.80 bits per heavy atom. The molecule has 1 amide bonds. The van der Waals surface area contributed by atoms with Gasteiger partial charge in [0.1, 0.15) is 22.7 Å². The summed E-state index contributed by atoms with van der Waals surface area (Å²) in [5.74, 6) is -1.21. The van der Waals surface area contributed by atoms with Crippen LogP contribution in [0.1, 0.15) is 37.2 Å². The summed E-state index contributed by atoms with van der Waals surface area (Å²) >= 11 is 6.56. The molecule has 0 fully saturated rings. The molecule has 0 atom stereocenters. The minimum absolute atomic E-state index is 0.0923. The number of Topliss-reactive ketones (excluding diaryl/α,β-unsaturated/α-hetero) is 1. The van der Waals surface area contributed by atoms with E-state index in [2.05, 4.69) is 30.2 Å². The third-order valence-electron chi connectivity index (χ3n) is 4.67. The molecule has 4 heterocycles. The minimum atomic E-state index is -4.69. The predicted molar refractivity (Wildman–Crippen MR) is 122 cm³/mol. The Morgan fingerprint density at radius 1 is 1.03 bits per heavy atom. The van der Waals surface area contributed by atoms with Crippen LogP contribution in [0.5, 0.6) is 0 Å². The Bertz CT molecular complexity index is 1380. The number of rotatable bonds is 7. The predicted octanol–water partition coefficient (Wildman–Crippen LogP) is 5.13. The fraction of sp³-hybridized carbons (Fsp3) is 0.136. The number of ketones is 1. The van der Waals surface area contributed by atoms with Gasteiger partial charge in [-0.1, -0.05) is 11.6 Å². The van der Waals surface area contributed by atoms with Gasteiger partial charge in [0.15, 0.2) is 5.78 Å². The van der Waals surface area contributed by atoms with Crippen molar-refractivity contribution < 1.29 is 22.8 Å². The van der Waals surface area contributed by atoms with Gasteiger partial charge in [-0.2, -0.15) is 13.2 Å². The van der Waals surface area contributed by atoms with Crippen molar-refractivity contribution >= 4 is 40.4 Å². The van der Waals surface area contributed by atoms with Crippen LogP contribution in [0.3, 0.4) is 0 Å². The monoisotopic (exact) mass is 518 g/mol. The number of alkyl halides is 3. The number of aryl methyl sites for hydroxylation is 1. The van der Waals surface area contributed by atoms with E-state index in [0.29, 0.717) is 16.8 Å². The first-order chi connectivity index (χ1) is 16.7. The molecule has 0 aliphatic carbocycles. The van der Waals surface area contributed by atoms with Crippen molar-refractivity contribution in [1.82, 2.24) is 24.9 Å². The molecule has 0 radical (unpaired) electrons. The fourth-order valence-corrected chi connectivity index (χ4v) is 3.99. The van der Waals surface area contributed by atoms with Crippen LogP contribution < -0.4 is 5.32 Å². The van der Waals surface area contributed by atoms with Gasteiger partial charge in [-0.05, 0) is 24.3 Å². The molecule has 13 heteroatoms. The molecule has 4 aromatic heterocycles. The van der Waals surface area contributed by atoms with Crippen molar-refractivity contribution in [3.05, 3.63) is 81.5 Å². The Kier molecular flexibility index (Phi) is 7.12. The molecule has 4 rings (SSSR count). The standard InChI is InChI=1S/C22H14ClF3N6O2S/c23-14-9-28-19(7-13(14)22(24,25)26)32-21(34)18-10-29-20(35-18)2-1-17(33)16-8-15(30-11-31-16)12-3-5-27-6-4-12/h3-11H,1-2H2,(H,28,32,34). The average molecular weight is 519 g/mol. The van der Waals surface area contributed by atoms with E-state index in [1.807, 2.05) is 0 Å². The van der Waals surface area contributed by atoms with E-state index in [-0.39, 0.29) is 35.0 Å². The number of carbonyl (C=O) groups is 2. The van der Waals surface area contributed by atoms with E-state index in [9.17, 15) is 22.8 Å². The lowest BCUT2D eigenvalue weighted by atomic mass is 10.1.